The molecule has 2 N–H and O–H groups in total. The Balaban J connectivity index is 1.91. The molecule has 2 saturated heterocycles. The number of aromatic amines is 1. The number of rotatable bonds is 4. The molecule has 0 bridgehead atoms. The molecule has 0 spiro atoms. The fourth-order valence-corrected chi connectivity index (χ4v) is 2.81. The van der Waals surface area contributed by atoms with Gasteiger partial charge in [0.15, 0.2) is 12.0 Å². The lowest BCUT2D eigenvalue weighted by molar-refractivity contribution is -0.204. The lowest BCUT2D eigenvalue weighted by Crippen LogP contribution is -2.37. The zero-order valence-corrected chi connectivity index (χ0v) is 12.6. The molecule has 122 valence electrons. The molecular weight excluding hydrogens is 294 g/mol. The standard InChI is InChI=1S/C13H19N3O6/c1-13(2)21-9-7(6-19-14-3)20-11(10(9)22-13)16-5-4-8(17)15-12(16)18/h4-5,7,9-11,14H,6H2,1-3H3,(H,15,17,18)/t7-,9-,10-,11-/m1/s1. The number of hydrogen-bond donors (Lipinski definition) is 2. The normalized spacial score (nSPS) is 33.0. The van der Waals surface area contributed by atoms with Crippen LogP contribution >= 0.6 is 0 Å². The third-order valence-corrected chi connectivity index (χ3v) is 3.64. The lowest BCUT2D eigenvalue weighted by atomic mass is 10.1. The van der Waals surface area contributed by atoms with Crippen LogP contribution < -0.4 is 16.7 Å². The van der Waals surface area contributed by atoms with Gasteiger partial charge in [0.05, 0.1) is 6.61 Å². The summed E-state index contributed by atoms with van der Waals surface area (Å²) in [6.07, 6.45) is -0.542. The molecule has 2 fully saturated rings. The molecule has 2 aliphatic heterocycles. The van der Waals surface area contributed by atoms with E-state index in [-0.39, 0.29) is 12.7 Å². The third-order valence-electron chi connectivity index (χ3n) is 3.64. The molecular formula is C13H19N3O6. The minimum atomic E-state index is -0.777. The van der Waals surface area contributed by atoms with Gasteiger partial charge in [-0.05, 0) is 13.8 Å². The predicted molar refractivity (Wildman–Crippen MR) is 74.1 cm³/mol. The van der Waals surface area contributed by atoms with Gasteiger partial charge in [-0.25, -0.2) is 10.3 Å². The highest BCUT2D eigenvalue weighted by atomic mass is 16.8. The van der Waals surface area contributed by atoms with Crippen molar-refractivity contribution < 1.29 is 19.0 Å². The Labute approximate surface area is 126 Å². The second kappa shape index (κ2) is 5.60. The number of nitrogens with one attached hydrogen (secondary N) is 2. The molecule has 0 amide bonds. The van der Waals surface area contributed by atoms with E-state index >= 15 is 0 Å². The molecule has 2 aliphatic rings. The van der Waals surface area contributed by atoms with Gasteiger partial charge in [0.1, 0.15) is 18.3 Å². The molecule has 0 radical (unpaired) electrons. The number of hydrogen-bond acceptors (Lipinski definition) is 7. The van der Waals surface area contributed by atoms with Gasteiger partial charge in [-0.1, -0.05) is 0 Å². The molecule has 1 aromatic heterocycles. The minimum absolute atomic E-state index is 0.242. The van der Waals surface area contributed by atoms with E-state index in [2.05, 4.69) is 10.5 Å². The van der Waals surface area contributed by atoms with Crippen LogP contribution in [0.25, 0.3) is 0 Å². The Bertz CT molecular complexity index is 654. The van der Waals surface area contributed by atoms with E-state index < -0.39 is 35.5 Å². The van der Waals surface area contributed by atoms with Crippen molar-refractivity contribution in [2.24, 2.45) is 0 Å². The Morgan fingerprint density at radius 3 is 2.77 bits per heavy atom. The Hall–Kier alpha value is -1.52. The number of nitrogens with zero attached hydrogens (tertiary/aromatic N) is 1. The molecule has 0 unspecified atom stereocenters. The average molecular weight is 313 g/mol. The highest BCUT2D eigenvalue weighted by Crippen LogP contribution is 2.42. The maximum atomic E-state index is 12.0. The Kier molecular flexibility index (Phi) is 3.91. The molecule has 3 heterocycles. The SMILES string of the molecule is CNOC[C@H]1O[C@@H](n2ccc(=O)[nH]c2=O)[C@@H]2OC(C)(C)O[C@@H]21. The van der Waals surface area contributed by atoms with E-state index in [0.29, 0.717) is 0 Å². The van der Waals surface area contributed by atoms with Gasteiger partial charge < -0.3 is 14.2 Å². The van der Waals surface area contributed by atoms with Crippen LogP contribution in [0.2, 0.25) is 0 Å². The van der Waals surface area contributed by atoms with Crippen LogP contribution in [0, 0.1) is 0 Å². The van der Waals surface area contributed by atoms with Crippen LogP contribution in [0.1, 0.15) is 20.1 Å². The van der Waals surface area contributed by atoms with Gasteiger partial charge in [-0.3, -0.25) is 19.2 Å². The minimum Gasteiger partial charge on any atom is -0.346 e. The van der Waals surface area contributed by atoms with Crippen molar-refractivity contribution in [1.29, 1.82) is 0 Å². The summed E-state index contributed by atoms with van der Waals surface area (Å²) in [6.45, 7) is 3.84. The van der Waals surface area contributed by atoms with Crippen LogP contribution in [0.15, 0.2) is 21.9 Å². The summed E-state index contributed by atoms with van der Waals surface area (Å²) < 4.78 is 18.9. The highest BCUT2D eigenvalue weighted by Gasteiger charge is 2.56. The maximum absolute atomic E-state index is 12.0. The van der Waals surface area contributed by atoms with Crippen molar-refractivity contribution in [3.05, 3.63) is 33.1 Å². The first kappa shape index (κ1) is 15.4. The van der Waals surface area contributed by atoms with Gasteiger partial charge in [0.25, 0.3) is 5.56 Å². The fraction of sp³-hybridized carbons (Fsp3) is 0.692. The number of hydroxylamine groups is 1. The molecule has 0 aromatic carbocycles. The largest absolute Gasteiger partial charge is 0.346 e. The van der Waals surface area contributed by atoms with Crippen LogP contribution in [-0.2, 0) is 19.0 Å². The van der Waals surface area contributed by atoms with Crippen LogP contribution in [-0.4, -0.2) is 47.3 Å². The van der Waals surface area contributed by atoms with E-state index in [4.69, 9.17) is 19.0 Å². The summed E-state index contributed by atoms with van der Waals surface area (Å²) in [5, 5.41) is 0. The summed E-state index contributed by atoms with van der Waals surface area (Å²) >= 11 is 0. The van der Waals surface area contributed by atoms with Crippen molar-refractivity contribution in [1.82, 2.24) is 15.0 Å². The van der Waals surface area contributed by atoms with Crippen LogP contribution in [0.5, 0.6) is 0 Å². The van der Waals surface area contributed by atoms with Crippen molar-refractivity contribution in [2.45, 2.75) is 44.2 Å². The molecule has 9 nitrogen and oxygen atoms in total. The van der Waals surface area contributed by atoms with Gasteiger partial charge in [-0.2, -0.15) is 0 Å². The Morgan fingerprint density at radius 1 is 1.36 bits per heavy atom. The first-order valence-corrected chi connectivity index (χ1v) is 7.02. The van der Waals surface area contributed by atoms with E-state index in [0.717, 1.165) is 0 Å². The summed E-state index contributed by atoms with van der Waals surface area (Å²) in [4.78, 5) is 30.6. The van der Waals surface area contributed by atoms with Crippen molar-refractivity contribution in [3.8, 4) is 0 Å². The zero-order chi connectivity index (χ0) is 15.9. The molecule has 3 rings (SSSR count). The summed E-state index contributed by atoms with van der Waals surface area (Å²) in [6, 6.07) is 1.26. The first-order chi connectivity index (χ1) is 10.4. The van der Waals surface area contributed by atoms with Gasteiger partial charge in [0.2, 0.25) is 0 Å². The van der Waals surface area contributed by atoms with E-state index in [1.165, 1.54) is 16.8 Å². The predicted octanol–water partition coefficient (Wildman–Crippen LogP) is -0.895. The maximum Gasteiger partial charge on any atom is 0.330 e. The molecule has 0 aliphatic carbocycles. The molecule has 0 saturated carbocycles. The molecule has 1 aromatic rings. The average Bonchev–Trinajstić information content (AvgIpc) is 2.91. The number of aromatic nitrogens is 2. The molecule has 4 atom stereocenters. The van der Waals surface area contributed by atoms with Gasteiger partial charge in [-0.15, -0.1) is 0 Å². The van der Waals surface area contributed by atoms with Crippen molar-refractivity contribution in [3.63, 3.8) is 0 Å². The van der Waals surface area contributed by atoms with Crippen molar-refractivity contribution >= 4 is 0 Å². The highest BCUT2D eigenvalue weighted by molar-refractivity contribution is 4.98. The molecule has 9 heteroatoms. The Morgan fingerprint density at radius 2 is 2.09 bits per heavy atom. The van der Waals surface area contributed by atoms with Gasteiger partial charge >= 0.3 is 5.69 Å². The van der Waals surface area contributed by atoms with Gasteiger partial charge in [0, 0.05) is 19.3 Å². The molecule has 22 heavy (non-hydrogen) atoms. The summed E-state index contributed by atoms with van der Waals surface area (Å²) in [7, 11) is 1.65. The fourth-order valence-electron chi connectivity index (χ4n) is 2.81. The van der Waals surface area contributed by atoms with E-state index in [1.54, 1.807) is 20.9 Å². The third kappa shape index (κ3) is 2.73. The van der Waals surface area contributed by atoms with E-state index in [9.17, 15) is 9.59 Å². The topological polar surface area (TPSA) is 104 Å². The number of fused-ring (bicyclic) bond motifs is 1. The monoisotopic (exact) mass is 313 g/mol. The number of ether oxygens (including phenoxy) is 3. The van der Waals surface area contributed by atoms with Crippen LogP contribution in [0.3, 0.4) is 0 Å². The first-order valence-electron chi connectivity index (χ1n) is 7.02. The lowest BCUT2D eigenvalue weighted by Gasteiger charge is -2.24. The van der Waals surface area contributed by atoms with E-state index in [1.807, 2.05) is 0 Å². The zero-order valence-electron chi connectivity index (χ0n) is 12.6. The summed E-state index contributed by atoms with van der Waals surface area (Å²) in [5.41, 5.74) is 1.56. The van der Waals surface area contributed by atoms with Crippen molar-refractivity contribution in [2.75, 3.05) is 13.7 Å². The van der Waals surface area contributed by atoms with Crippen LogP contribution in [0.4, 0.5) is 0 Å². The second-order valence-electron chi connectivity index (χ2n) is 5.66. The second-order valence-corrected chi connectivity index (χ2v) is 5.66. The summed E-state index contributed by atoms with van der Waals surface area (Å²) in [5.74, 6) is -0.777. The quantitative estimate of drug-likeness (QED) is 0.695. The number of H-pyrrole nitrogens is 1. The smallest absolute Gasteiger partial charge is 0.330 e.